The third-order valence-electron chi connectivity index (χ3n) is 2.92. The number of hydrazone groups is 1. The van der Waals surface area contributed by atoms with Crippen LogP contribution in [0.15, 0.2) is 58.2 Å². The largest absolute Gasteiger partial charge is 0.348 e. The number of para-hydroxylation sites is 1. The summed E-state index contributed by atoms with van der Waals surface area (Å²) >= 11 is 0. The molecule has 2 aromatic rings. The lowest BCUT2D eigenvalue weighted by Crippen LogP contribution is -2.14. The van der Waals surface area contributed by atoms with Crippen LogP contribution in [0.25, 0.3) is 10.9 Å². The Bertz CT molecular complexity index is 667. The monoisotopic (exact) mass is 270 g/mol. The highest BCUT2D eigenvalue weighted by atomic mass is 15.3. The van der Waals surface area contributed by atoms with Crippen LogP contribution in [-0.4, -0.2) is 29.9 Å². The molecule has 20 heavy (non-hydrogen) atoms. The molecule has 0 fully saturated rings. The molecule has 0 spiro atoms. The highest BCUT2D eigenvalue weighted by Crippen LogP contribution is 2.28. The van der Waals surface area contributed by atoms with Gasteiger partial charge in [-0.2, -0.15) is 5.10 Å². The smallest absolute Gasteiger partial charge is 0.148 e. The molecule has 0 saturated heterocycles. The van der Waals surface area contributed by atoms with Crippen LogP contribution in [0.1, 0.15) is 0 Å². The number of aryl methyl sites for hydroxylation is 1. The summed E-state index contributed by atoms with van der Waals surface area (Å²) in [5, 5.41) is 13.4. The molecule has 0 amide bonds. The van der Waals surface area contributed by atoms with Crippen molar-refractivity contribution >= 4 is 22.9 Å². The Labute approximate surface area is 118 Å². The predicted octanol–water partition coefficient (Wildman–Crippen LogP) is 2.83. The van der Waals surface area contributed by atoms with E-state index in [1.54, 1.807) is 18.3 Å². The summed E-state index contributed by atoms with van der Waals surface area (Å²) in [5.41, 5.74) is 4.61. The maximum atomic E-state index is 4.27. The average molecular weight is 270 g/mol. The van der Waals surface area contributed by atoms with Crippen molar-refractivity contribution in [3.05, 3.63) is 42.9 Å². The molecule has 6 heteroatoms. The van der Waals surface area contributed by atoms with Crippen LogP contribution in [0.2, 0.25) is 0 Å². The predicted molar refractivity (Wildman–Crippen MR) is 81.9 cm³/mol. The van der Waals surface area contributed by atoms with Gasteiger partial charge in [-0.25, -0.2) is 0 Å². The Balaban J connectivity index is 2.22. The molecule has 0 aliphatic carbocycles. The molecular formula is C14H18N6. The number of aromatic nitrogens is 1. The van der Waals surface area contributed by atoms with Crippen LogP contribution in [0, 0.1) is 0 Å². The lowest BCUT2D eigenvalue weighted by atomic mass is 10.2. The summed E-state index contributed by atoms with van der Waals surface area (Å²) in [6.07, 6.45) is 3.54. The van der Waals surface area contributed by atoms with E-state index in [0.717, 1.165) is 16.6 Å². The fraction of sp³-hybridized carbons (Fsp3) is 0.214. The van der Waals surface area contributed by atoms with Crippen molar-refractivity contribution in [3.8, 4) is 0 Å². The van der Waals surface area contributed by atoms with Gasteiger partial charge in [-0.1, -0.05) is 24.8 Å². The minimum absolute atomic E-state index is 0.511. The number of azo groups is 1. The van der Waals surface area contributed by atoms with Gasteiger partial charge in [0, 0.05) is 32.7 Å². The zero-order chi connectivity index (χ0) is 14.5. The van der Waals surface area contributed by atoms with E-state index in [1.165, 1.54) is 0 Å². The number of nitrogens with zero attached hydrogens (tertiary/aromatic N) is 5. The van der Waals surface area contributed by atoms with Crippen LogP contribution in [0.4, 0.5) is 5.69 Å². The molecular weight excluding hydrogens is 252 g/mol. The molecule has 0 bridgehead atoms. The first kappa shape index (κ1) is 13.8. The summed E-state index contributed by atoms with van der Waals surface area (Å²) in [7, 11) is 5.53. The zero-order valence-corrected chi connectivity index (χ0v) is 11.9. The molecule has 1 heterocycles. The van der Waals surface area contributed by atoms with Gasteiger partial charge in [0.1, 0.15) is 17.8 Å². The number of nitrogens with one attached hydrogen (secondary N) is 1. The van der Waals surface area contributed by atoms with E-state index in [2.05, 4.69) is 33.4 Å². The van der Waals surface area contributed by atoms with Crippen molar-refractivity contribution < 1.29 is 0 Å². The molecule has 0 unspecified atom stereocenters. The quantitative estimate of drug-likeness (QED) is 0.393. The van der Waals surface area contributed by atoms with Crippen molar-refractivity contribution in [2.24, 2.45) is 22.4 Å². The van der Waals surface area contributed by atoms with Gasteiger partial charge in [-0.05, 0) is 6.07 Å². The number of rotatable bonds is 5. The third kappa shape index (κ3) is 2.85. The zero-order valence-electron chi connectivity index (χ0n) is 11.9. The second kappa shape index (κ2) is 6.01. The summed E-state index contributed by atoms with van der Waals surface area (Å²) in [6, 6.07) is 8.07. The second-order valence-electron chi connectivity index (χ2n) is 4.34. The van der Waals surface area contributed by atoms with E-state index in [0.29, 0.717) is 5.82 Å². The van der Waals surface area contributed by atoms with Crippen LogP contribution >= 0.6 is 0 Å². The van der Waals surface area contributed by atoms with Gasteiger partial charge >= 0.3 is 0 Å². The molecule has 0 aliphatic heterocycles. The van der Waals surface area contributed by atoms with Crippen molar-refractivity contribution in [2.75, 3.05) is 14.1 Å². The molecule has 0 radical (unpaired) electrons. The van der Waals surface area contributed by atoms with Crippen molar-refractivity contribution in [1.82, 2.24) is 14.9 Å². The highest BCUT2D eigenvalue weighted by molar-refractivity contribution is 5.91. The molecule has 104 valence electrons. The summed E-state index contributed by atoms with van der Waals surface area (Å²) in [4.78, 5) is 1.69. The lowest BCUT2D eigenvalue weighted by molar-refractivity contribution is 0.620. The highest BCUT2D eigenvalue weighted by Gasteiger charge is 2.05. The fourth-order valence-corrected chi connectivity index (χ4v) is 1.79. The Morgan fingerprint density at radius 3 is 2.90 bits per heavy atom. The van der Waals surface area contributed by atoms with Gasteiger partial charge in [0.15, 0.2) is 0 Å². The van der Waals surface area contributed by atoms with Crippen LogP contribution in [0.3, 0.4) is 0 Å². The Morgan fingerprint density at radius 1 is 1.40 bits per heavy atom. The number of hydrogen-bond donors (Lipinski definition) is 1. The normalized spacial score (nSPS) is 11.6. The van der Waals surface area contributed by atoms with Gasteiger partial charge in [-0.3, -0.25) is 0 Å². The van der Waals surface area contributed by atoms with Gasteiger partial charge in [0.25, 0.3) is 0 Å². The van der Waals surface area contributed by atoms with Gasteiger partial charge < -0.3 is 14.9 Å². The van der Waals surface area contributed by atoms with E-state index in [9.17, 15) is 0 Å². The van der Waals surface area contributed by atoms with Gasteiger partial charge in [0.05, 0.1) is 5.52 Å². The molecule has 1 N–H and O–H groups in total. The topological polar surface area (TPSA) is 57.3 Å². The maximum absolute atomic E-state index is 4.27. The van der Waals surface area contributed by atoms with Crippen LogP contribution in [-0.2, 0) is 7.05 Å². The standard InChI is InChI=1S/C14H18N6/c1-11(20(4)10-16-15-2)17-18-13-9-19(3)14-8-6-5-7-12(13)14/h5-10,15H,1H2,2-4H3/b16-10-,18-17?. The van der Waals surface area contributed by atoms with Crippen molar-refractivity contribution in [2.45, 2.75) is 0 Å². The minimum atomic E-state index is 0.511. The Morgan fingerprint density at radius 2 is 2.15 bits per heavy atom. The van der Waals surface area contributed by atoms with Gasteiger partial charge in [0.2, 0.25) is 0 Å². The summed E-state index contributed by atoms with van der Waals surface area (Å²) < 4.78 is 2.03. The van der Waals surface area contributed by atoms with Gasteiger partial charge in [-0.15, -0.1) is 10.2 Å². The fourth-order valence-electron chi connectivity index (χ4n) is 1.79. The Hall–Kier alpha value is -2.63. The first-order chi connectivity index (χ1) is 9.63. The summed E-state index contributed by atoms with van der Waals surface area (Å²) in [5.74, 6) is 0.511. The van der Waals surface area contributed by atoms with Crippen molar-refractivity contribution in [1.29, 1.82) is 0 Å². The second-order valence-corrected chi connectivity index (χ2v) is 4.34. The van der Waals surface area contributed by atoms with E-state index >= 15 is 0 Å². The van der Waals surface area contributed by atoms with Crippen LogP contribution < -0.4 is 5.43 Å². The molecule has 0 atom stereocenters. The molecule has 2 rings (SSSR count). The summed E-state index contributed by atoms with van der Waals surface area (Å²) in [6.45, 7) is 3.85. The molecule has 0 saturated carbocycles. The van der Waals surface area contributed by atoms with Crippen molar-refractivity contribution in [3.63, 3.8) is 0 Å². The lowest BCUT2D eigenvalue weighted by Gasteiger charge is -2.09. The first-order valence-electron chi connectivity index (χ1n) is 6.21. The maximum Gasteiger partial charge on any atom is 0.148 e. The molecule has 0 aliphatic rings. The number of benzene rings is 1. The first-order valence-corrected chi connectivity index (χ1v) is 6.21. The molecule has 6 nitrogen and oxygen atoms in total. The average Bonchev–Trinajstić information content (AvgIpc) is 2.79. The molecule has 1 aromatic heterocycles. The number of fused-ring (bicyclic) bond motifs is 1. The van der Waals surface area contributed by atoms with E-state index in [4.69, 9.17) is 0 Å². The third-order valence-corrected chi connectivity index (χ3v) is 2.92. The SMILES string of the molecule is C=C(N=Nc1cn(C)c2ccccc12)N(C)/C=N\NC. The molecule has 1 aromatic carbocycles. The van der Waals surface area contributed by atoms with E-state index < -0.39 is 0 Å². The van der Waals surface area contributed by atoms with Crippen LogP contribution in [0.5, 0.6) is 0 Å². The minimum Gasteiger partial charge on any atom is -0.348 e. The van der Waals surface area contributed by atoms with E-state index in [-0.39, 0.29) is 0 Å². The van der Waals surface area contributed by atoms with E-state index in [1.807, 2.05) is 43.1 Å². The Kier molecular flexibility index (Phi) is 4.14. The number of hydrogen-bond acceptors (Lipinski definition) is 4.